The molecule has 0 fully saturated rings. The number of benzene rings is 1. The smallest absolute Gasteiger partial charge is 0.240 e. The van der Waals surface area contributed by atoms with Crippen LogP contribution in [0.25, 0.3) is 0 Å². The Labute approximate surface area is 100 Å². The predicted molar refractivity (Wildman–Crippen MR) is 62.3 cm³/mol. The molecule has 0 aromatic heterocycles. The zero-order chi connectivity index (χ0) is 12.9. The maximum absolute atomic E-state index is 12.7. The van der Waals surface area contributed by atoms with Crippen LogP contribution in [0.3, 0.4) is 0 Å². The monoisotopic (exact) mass is 234 g/mol. The van der Waals surface area contributed by atoms with Gasteiger partial charge in [-0.25, -0.2) is 4.39 Å². The topological polar surface area (TPSA) is 52.9 Å². The van der Waals surface area contributed by atoms with Gasteiger partial charge in [-0.05, 0) is 31.0 Å². The first-order valence-corrected chi connectivity index (χ1v) is 5.46. The molecule has 1 atom stereocenters. The Kier molecular flexibility index (Phi) is 4.22. The van der Waals surface area contributed by atoms with E-state index in [0.29, 0.717) is 13.0 Å². The van der Waals surface area contributed by atoms with Crippen molar-refractivity contribution in [3.63, 3.8) is 0 Å². The van der Waals surface area contributed by atoms with Gasteiger partial charge in [0, 0.05) is 6.54 Å². The van der Waals surface area contributed by atoms with Crippen LogP contribution in [0.4, 0.5) is 4.39 Å². The highest BCUT2D eigenvalue weighted by molar-refractivity contribution is 5.84. The van der Waals surface area contributed by atoms with E-state index in [0.717, 1.165) is 5.56 Å². The molecular weight excluding hydrogens is 219 g/mol. The number of rotatable bonds is 4. The molecule has 4 heteroatoms. The van der Waals surface area contributed by atoms with Crippen molar-refractivity contribution < 1.29 is 9.18 Å². The Morgan fingerprint density at radius 1 is 1.47 bits per heavy atom. The van der Waals surface area contributed by atoms with Gasteiger partial charge in [0.1, 0.15) is 11.2 Å². The lowest BCUT2D eigenvalue weighted by atomic mass is 9.88. The number of hydrogen-bond acceptors (Lipinski definition) is 2. The summed E-state index contributed by atoms with van der Waals surface area (Å²) in [5.41, 5.74) is -0.198. The molecule has 1 aromatic carbocycles. The molecular formula is C13H15FN2O. The average Bonchev–Trinajstić information content (AvgIpc) is 2.36. The minimum Gasteiger partial charge on any atom is -0.351 e. The molecule has 90 valence electrons. The van der Waals surface area contributed by atoms with Crippen LogP contribution in [0.1, 0.15) is 25.8 Å². The van der Waals surface area contributed by atoms with Crippen molar-refractivity contribution in [2.24, 2.45) is 5.41 Å². The van der Waals surface area contributed by atoms with E-state index >= 15 is 0 Å². The lowest BCUT2D eigenvalue weighted by Crippen LogP contribution is -2.37. The summed E-state index contributed by atoms with van der Waals surface area (Å²) in [5, 5.41) is 11.6. The van der Waals surface area contributed by atoms with Gasteiger partial charge in [-0.2, -0.15) is 5.26 Å². The molecule has 3 nitrogen and oxygen atoms in total. The van der Waals surface area contributed by atoms with E-state index in [9.17, 15) is 9.18 Å². The minimum absolute atomic E-state index is 0.299. The molecule has 0 saturated heterocycles. The molecule has 1 N–H and O–H groups in total. The predicted octanol–water partition coefficient (Wildman–Crippen LogP) is 2.38. The molecule has 0 spiro atoms. The Hall–Kier alpha value is -1.89. The fourth-order valence-electron chi connectivity index (χ4n) is 1.27. The van der Waals surface area contributed by atoms with Crippen LogP contribution >= 0.6 is 0 Å². The number of carbonyl (C=O) groups excluding carboxylic acids is 1. The second kappa shape index (κ2) is 5.44. The summed E-state index contributed by atoms with van der Waals surface area (Å²) in [6.07, 6.45) is 0.457. The third-order valence-electron chi connectivity index (χ3n) is 2.82. The van der Waals surface area contributed by atoms with Crippen molar-refractivity contribution in [1.29, 1.82) is 5.26 Å². The van der Waals surface area contributed by atoms with Gasteiger partial charge < -0.3 is 5.32 Å². The van der Waals surface area contributed by atoms with Crippen LogP contribution in [-0.4, -0.2) is 5.91 Å². The second-order valence-electron chi connectivity index (χ2n) is 4.11. The molecule has 0 heterocycles. The SMILES string of the molecule is CCC(C)(C#N)C(=O)NCc1ccc(F)cc1. The van der Waals surface area contributed by atoms with E-state index in [-0.39, 0.29) is 11.7 Å². The third kappa shape index (κ3) is 3.28. The van der Waals surface area contributed by atoms with Crippen molar-refractivity contribution >= 4 is 5.91 Å². The Balaban J connectivity index is 2.60. The largest absolute Gasteiger partial charge is 0.351 e. The first-order chi connectivity index (χ1) is 8.01. The van der Waals surface area contributed by atoms with Crippen molar-refractivity contribution in [3.8, 4) is 6.07 Å². The normalized spacial score (nSPS) is 13.5. The number of carbonyl (C=O) groups is 1. The minimum atomic E-state index is -1.000. The highest BCUT2D eigenvalue weighted by Gasteiger charge is 2.30. The fourth-order valence-corrected chi connectivity index (χ4v) is 1.27. The lowest BCUT2D eigenvalue weighted by molar-refractivity contribution is -0.127. The van der Waals surface area contributed by atoms with Gasteiger partial charge in [0.25, 0.3) is 0 Å². The van der Waals surface area contributed by atoms with E-state index in [2.05, 4.69) is 5.32 Å². The molecule has 1 unspecified atom stereocenters. The van der Waals surface area contributed by atoms with E-state index in [1.807, 2.05) is 6.07 Å². The van der Waals surface area contributed by atoms with Gasteiger partial charge in [-0.15, -0.1) is 0 Å². The quantitative estimate of drug-likeness (QED) is 0.869. The Bertz CT molecular complexity index is 436. The summed E-state index contributed by atoms with van der Waals surface area (Å²) in [4.78, 5) is 11.8. The van der Waals surface area contributed by atoms with Gasteiger partial charge in [0.15, 0.2) is 0 Å². The molecule has 0 aliphatic heterocycles. The average molecular weight is 234 g/mol. The highest BCUT2D eigenvalue weighted by Crippen LogP contribution is 2.19. The molecule has 0 bridgehead atoms. The Morgan fingerprint density at radius 2 is 2.06 bits per heavy atom. The number of nitrogens with one attached hydrogen (secondary N) is 1. The summed E-state index contributed by atoms with van der Waals surface area (Å²) < 4.78 is 12.7. The van der Waals surface area contributed by atoms with Crippen LogP contribution in [-0.2, 0) is 11.3 Å². The summed E-state index contributed by atoms with van der Waals surface area (Å²) in [5.74, 6) is -0.609. The van der Waals surface area contributed by atoms with Crippen molar-refractivity contribution in [1.82, 2.24) is 5.32 Å². The van der Waals surface area contributed by atoms with Crippen LogP contribution in [0, 0.1) is 22.6 Å². The molecule has 1 aromatic rings. The summed E-state index contributed by atoms with van der Waals surface area (Å²) in [6, 6.07) is 7.88. The zero-order valence-electron chi connectivity index (χ0n) is 9.96. The maximum Gasteiger partial charge on any atom is 0.240 e. The van der Waals surface area contributed by atoms with Crippen molar-refractivity contribution in [2.45, 2.75) is 26.8 Å². The molecule has 1 rings (SSSR count). The third-order valence-corrected chi connectivity index (χ3v) is 2.82. The zero-order valence-corrected chi connectivity index (χ0v) is 9.96. The summed E-state index contributed by atoms with van der Waals surface area (Å²) >= 11 is 0. The number of nitriles is 1. The van der Waals surface area contributed by atoms with Crippen LogP contribution in [0.15, 0.2) is 24.3 Å². The van der Waals surface area contributed by atoms with E-state index in [1.165, 1.54) is 12.1 Å². The maximum atomic E-state index is 12.7. The fraction of sp³-hybridized carbons (Fsp3) is 0.385. The van der Waals surface area contributed by atoms with Crippen molar-refractivity contribution in [3.05, 3.63) is 35.6 Å². The van der Waals surface area contributed by atoms with E-state index in [1.54, 1.807) is 26.0 Å². The van der Waals surface area contributed by atoms with Crippen LogP contribution in [0.2, 0.25) is 0 Å². The highest BCUT2D eigenvalue weighted by atomic mass is 19.1. The molecule has 0 saturated carbocycles. The second-order valence-corrected chi connectivity index (χ2v) is 4.11. The van der Waals surface area contributed by atoms with Gasteiger partial charge >= 0.3 is 0 Å². The summed E-state index contributed by atoms with van der Waals surface area (Å²) in [7, 11) is 0. The Morgan fingerprint density at radius 3 is 2.53 bits per heavy atom. The number of hydrogen-bond donors (Lipinski definition) is 1. The number of amides is 1. The van der Waals surface area contributed by atoms with Gasteiger partial charge in [0.05, 0.1) is 6.07 Å². The van der Waals surface area contributed by atoms with Crippen molar-refractivity contribution in [2.75, 3.05) is 0 Å². The molecule has 0 aliphatic carbocycles. The first-order valence-electron chi connectivity index (χ1n) is 5.46. The first kappa shape index (κ1) is 13.2. The number of nitrogens with zero attached hydrogens (tertiary/aromatic N) is 1. The molecule has 0 aliphatic rings. The van der Waals surface area contributed by atoms with E-state index in [4.69, 9.17) is 5.26 Å². The van der Waals surface area contributed by atoms with Crippen LogP contribution in [0.5, 0.6) is 0 Å². The molecule has 1 amide bonds. The van der Waals surface area contributed by atoms with E-state index < -0.39 is 5.41 Å². The van der Waals surface area contributed by atoms with Gasteiger partial charge in [-0.1, -0.05) is 19.1 Å². The molecule has 17 heavy (non-hydrogen) atoms. The lowest BCUT2D eigenvalue weighted by Gasteiger charge is -2.18. The van der Waals surface area contributed by atoms with Crippen LogP contribution < -0.4 is 5.32 Å². The number of halogens is 1. The van der Waals surface area contributed by atoms with Gasteiger partial charge in [-0.3, -0.25) is 4.79 Å². The summed E-state index contributed by atoms with van der Waals surface area (Å²) in [6.45, 7) is 3.70. The molecule has 0 radical (unpaired) electrons. The standard InChI is InChI=1S/C13H15FN2O/c1-3-13(2,9-15)12(17)16-8-10-4-6-11(14)7-5-10/h4-7H,3,8H2,1-2H3,(H,16,17). The van der Waals surface area contributed by atoms with Gasteiger partial charge in [0.2, 0.25) is 5.91 Å².